The smallest absolute Gasteiger partial charge is 0.306 e. The number of fused-ring (bicyclic) bond motifs is 5. The van der Waals surface area contributed by atoms with Crippen LogP contribution in [0.1, 0.15) is 150 Å². The summed E-state index contributed by atoms with van der Waals surface area (Å²) in [6.45, 7) is 9.81. The van der Waals surface area contributed by atoms with Gasteiger partial charge < -0.3 is 20.1 Å². The molecule has 0 aromatic rings. The van der Waals surface area contributed by atoms with E-state index in [1.807, 2.05) is 13.0 Å². The van der Waals surface area contributed by atoms with Crippen molar-refractivity contribution >= 4 is 11.8 Å². The van der Waals surface area contributed by atoms with Gasteiger partial charge in [0.2, 0.25) is 0 Å². The first-order valence-corrected chi connectivity index (χ1v) is 18.1. The lowest BCUT2D eigenvalue weighted by Crippen LogP contribution is -2.61. The van der Waals surface area contributed by atoms with Crippen LogP contribution < -0.4 is 0 Å². The fourth-order valence-corrected chi connectivity index (χ4v) is 9.49. The summed E-state index contributed by atoms with van der Waals surface area (Å²) in [6, 6.07) is 0. The van der Waals surface area contributed by atoms with Crippen molar-refractivity contribution in [2.45, 2.75) is 167 Å². The van der Waals surface area contributed by atoms with E-state index in [-0.39, 0.29) is 42.0 Å². The van der Waals surface area contributed by atoms with Crippen LogP contribution >= 0.6 is 0 Å². The minimum atomic E-state index is -1.76. The average Bonchev–Trinajstić information content (AvgIpc) is 3.38. The molecule has 0 radical (unpaired) electrons. The topological polar surface area (TPSA) is 104 Å². The summed E-state index contributed by atoms with van der Waals surface area (Å²) in [4.78, 5) is 26.3. The Hall–Kier alpha value is -1.50. The quantitative estimate of drug-likeness (QED) is 0.0828. The van der Waals surface area contributed by atoms with Crippen molar-refractivity contribution in [2.75, 3.05) is 6.61 Å². The van der Waals surface area contributed by atoms with Gasteiger partial charge in [0.15, 0.2) is 5.78 Å². The third-order valence-electron chi connectivity index (χ3n) is 12.2. The molecule has 3 N–H and O–H groups in total. The zero-order valence-electron chi connectivity index (χ0n) is 28.5. The van der Waals surface area contributed by atoms with Gasteiger partial charge in [-0.3, -0.25) is 9.59 Å². The number of ether oxygens (including phenoxy) is 1. The molecule has 6 nitrogen and oxygen atoms in total. The Morgan fingerprint density at radius 3 is 1.93 bits per heavy atom. The minimum Gasteiger partial charge on any atom is -0.458 e. The van der Waals surface area contributed by atoms with Crippen LogP contribution in [-0.4, -0.2) is 50.5 Å². The second kappa shape index (κ2) is 14.5. The Labute approximate surface area is 267 Å². The van der Waals surface area contributed by atoms with Crippen LogP contribution in [0.2, 0.25) is 0 Å². The van der Waals surface area contributed by atoms with Crippen LogP contribution in [0, 0.1) is 29.1 Å². The molecule has 250 valence electrons. The van der Waals surface area contributed by atoms with Crippen molar-refractivity contribution in [3.63, 3.8) is 0 Å². The first-order valence-electron chi connectivity index (χ1n) is 18.1. The first kappa shape index (κ1) is 35.4. The fourth-order valence-electron chi connectivity index (χ4n) is 9.49. The van der Waals surface area contributed by atoms with Gasteiger partial charge in [-0.1, -0.05) is 130 Å². The molecule has 6 heteroatoms. The molecule has 0 heterocycles. The monoisotopic (exact) mass is 614 g/mol. The Bertz CT molecular complexity index is 1080. The van der Waals surface area contributed by atoms with E-state index in [4.69, 9.17) is 4.74 Å². The summed E-state index contributed by atoms with van der Waals surface area (Å²) >= 11 is 0. The normalized spacial score (nSPS) is 35.2. The first-order chi connectivity index (χ1) is 20.9. The van der Waals surface area contributed by atoms with Crippen molar-refractivity contribution in [1.29, 1.82) is 0 Å². The van der Waals surface area contributed by atoms with Crippen LogP contribution in [0.4, 0.5) is 0 Å². The van der Waals surface area contributed by atoms with Gasteiger partial charge in [-0.15, -0.1) is 0 Å². The SMILES string of the molecule is CCCCCCCCCCCCCCCCCC(=O)O[C@@]12C[C@@H](C)[C@@]3(O)C(C=C(CO)C[C@]4(O)C(=O)C(C)=C[C@@H]34)[C@@H]1C2(C)C. The van der Waals surface area contributed by atoms with Crippen LogP contribution in [0.25, 0.3) is 0 Å². The minimum absolute atomic E-state index is 0.00546. The fraction of sp³-hybridized carbons (Fsp3) is 0.842. The zero-order chi connectivity index (χ0) is 32.2. The number of carbonyl (C=O) groups excluding carboxylic acids is 2. The molecular formula is C38H62O6. The third-order valence-corrected chi connectivity index (χ3v) is 12.2. The Morgan fingerprint density at radius 2 is 1.41 bits per heavy atom. The molecule has 4 aliphatic rings. The van der Waals surface area contributed by atoms with E-state index in [2.05, 4.69) is 20.8 Å². The highest BCUT2D eigenvalue weighted by atomic mass is 16.6. The predicted octanol–water partition coefficient (Wildman–Crippen LogP) is 7.77. The number of unbranched alkanes of at least 4 members (excludes halogenated alkanes) is 14. The molecule has 0 aromatic carbocycles. The third kappa shape index (κ3) is 6.65. The Balaban J connectivity index is 1.23. The second-order valence-electron chi connectivity index (χ2n) is 15.5. The zero-order valence-corrected chi connectivity index (χ0v) is 28.5. The molecule has 0 aromatic heterocycles. The van der Waals surface area contributed by atoms with Gasteiger partial charge in [-0.25, -0.2) is 0 Å². The maximum Gasteiger partial charge on any atom is 0.306 e. The van der Waals surface area contributed by atoms with Gasteiger partial charge in [0, 0.05) is 36.0 Å². The molecule has 2 fully saturated rings. The van der Waals surface area contributed by atoms with Crippen LogP contribution in [0.5, 0.6) is 0 Å². The standard InChI is InChI=1S/C38H62O6/c1-6-7-8-9-10-11-12-13-14-15-16-17-18-19-20-21-32(40)44-37-24-28(3)38(43)30(33(37)35(37,4)5)23-29(26-39)25-36(42)31(38)22-27(2)34(36)41/h22-23,28,30-31,33,39,42-43H,6-21,24-26H2,1-5H3/t28-,30?,31-,33-,36-,37+,38-/m1/s1. The molecule has 4 rings (SSSR count). The van der Waals surface area contributed by atoms with E-state index in [0.29, 0.717) is 24.0 Å². The van der Waals surface area contributed by atoms with Crippen LogP contribution in [0.15, 0.2) is 23.3 Å². The maximum absolute atomic E-state index is 13.2. The average molecular weight is 615 g/mol. The van der Waals surface area contributed by atoms with Gasteiger partial charge >= 0.3 is 5.97 Å². The Kier molecular flexibility index (Phi) is 11.7. The number of aliphatic hydroxyl groups is 3. The highest BCUT2D eigenvalue weighted by molar-refractivity contribution is 6.04. The number of aliphatic hydroxyl groups excluding tert-OH is 1. The number of esters is 1. The van der Waals surface area contributed by atoms with Crippen molar-refractivity contribution < 1.29 is 29.6 Å². The van der Waals surface area contributed by atoms with Gasteiger partial charge in [0.05, 0.1) is 12.2 Å². The second-order valence-corrected chi connectivity index (χ2v) is 15.5. The number of Topliss-reactive ketones (excluding diaryl/α,β-unsaturated/α-hetero) is 1. The van der Waals surface area contributed by atoms with Gasteiger partial charge in [-0.05, 0) is 36.8 Å². The van der Waals surface area contributed by atoms with E-state index in [1.165, 1.54) is 77.0 Å². The molecular weight excluding hydrogens is 552 g/mol. The molecule has 0 amide bonds. The predicted molar refractivity (Wildman–Crippen MR) is 175 cm³/mol. The van der Waals surface area contributed by atoms with E-state index < -0.39 is 28.6 Å². The number of hydrogen-bond donors (Lipinski definition) is 3. The summed E-state index contributed by atoms with van der Waals surface area (Å²) in [5.74, 6) is -2.25. The highest BCUT2D eigenvalue weighted by Crippen LogP contribution is 2.76. The summed E-state index contributed by atoms with van der Waals surface area (Å²) in [6.07, 6.45) is 23.7. The van der Waals surface area contributed by atoms with E-state index in [9.17, 15) is 24.9 Å². The molecule has 0 saturated heterocycles. The molecule has 0 bridgehead atoms. The van der Waals surface area contributed by atoms with Crippen LogP contribution in [0.3, 0.4) is 0 Å². The lowest BCUT2D eigenvalue weighted by atomic mass is 9.60. The molecule has 0 spiro atoms. The summed E-state index contributed by atoms with van der Waals surface area (Å²) in [7, 11) is 0. The highest BCUT2D eigenvalue weighted by Gasteiger charge is 2.83. The van der Waals surface area contributed by atoms with E-state index in [0.717, 1.165) is 19.3 Å². The van der Waals surface area contributed by atoms with Crippen LogP contribution in [-0.2, 0) is 14.3 Å². The van der Waals surface area contributed by atoms with Crippen molar-refractivity contribution in [2.24, 2.45) is 29.1 Å². The molecule has 4 aliphatic carbocycles. The molecule has 1 unspecified atom stereocenters. The summed E-state index contributed by atoms with van der Waals surface area (Å²) in [5.41, 5.74) is -3.21. The van der Waals surface area contributed by atoms with Gasteiger partial charge in [-0.2, -0.15) is 0 Å². The van der Waals surface area contributed by atoms with E-state index in [1.54, 1.807) is 13.0 Å². The van der Waals surface area contributed by atoms with Gasteiger partial charge in [0.25, 0.3) is 0 Å². The lowest BCUT2D eigenvalue weighted by molar-refractivity contribution is -0.187. The molecule has 44 heavy (non-hydrogen) atoms. The Morgan fingerprint density at radius 1 is 0.886 bits per heavy atom. The van der Waals surface area contributed by atoms with Crippen molar-refractivity contribution in [1.82, 2.24) is 0 Å². The largest absolute Gasteiger partial charge is 0.458 e. The summed E-state index contributed by atoms with van der Waals surface area (Å²) < 4.78 is 6.35. The van der Waals surface area contributed by atoms with Gasteiger partial charge in [0.1, 0.15) is 11.2 Å². The molecule has 0 aliphatic heterocycles. The molecule has 7 atom stereocenters. The number of ketones is 1. The van der Waals surface area contributed by atoms with Crippen molar-refractivity contribution in [3.05, 3.63) is 23.3 Å². The maximum atomic E-state index is 13.2. The number of hydrogen-bond acceptors (Lipinski definition) is 6. The number of carbonyl (C=O) groups is 2. The van der Waals surface area contributed by atoms with Crippen molar-refractivity contribution in [3.8, 4) is 0 Å². The lowest BCUT2D eigenvalue weighted by Gasteiger charge is -2.50. The number of rotatable bonds is 18. The van der Waals surface area contributed by atoms with E-state index >= 15 is 0 Å². The summed E-state index contributed by atoms with van der Waals surface area (Å²) in [5, 5.41) is 34.3. The molecule has 2 saturated carbocycles.